The van der Waals surface area contributed by atoms with Gasteiger partial charge in [0.15, 0.2) is 5.16 Å². The molecule has 3 rings (SSSR count). The molecule has 3 heterocycles. The van der Waals surface area contributed by atoms with Crippen molar-refractivity contribution in [1.82, 2.24) is 14.4 Å². The molecule has 0 atom stereocenters. The number of nitriles is 1. The Morgan fingerprint density at radius 2 is 2.24 bits per heavy atom. The van der Waals surface area contributed by atoms with Gasteiger partial charge in [-0.25, -0.2) is 9.97 Å². The average molecular weight is 295 g/mol. The summed E-state index contributed by atoms with van der Waals surface area (Å²) in [7, 11) is 0. The lowest BCUT2D eigenvalue weighted by atomic mass is 10.2. The van der Waals surface area contributed by atoms with Crippen LogP contribution in [0.1, 0.15) is 16.8 Å². The highest BCUT2D eigenvalue weighted by molar-refractivity contribution is 7.98. The Bertz CT molecular complexity index is 827. The van der Waals surface area contributed by atoms with E-state index in [9.17, 15) is 5.26 Å². The van der Waals surface area contributed by atoms with E-state index in [0.29, 0.717) is 22.3 Å². The average Bonchev–Trinajstić information content (AvgIpc) is 2.81. The third kappa shape index (κ3) is 2.69. The van der Waals surface area contributed by atoms with Crippen molar-refractivity contribution in [3.8, 4) is 6.07 Å². The first-order valence-electron chi connectivity index (χ1n) is 6.40. The number of nitrogen functional groups attached to an aromatic ring is 1. The quantitative estimate of drug-likeness (QED) is 0.593. The highest BCUT2D eigenvalue weighted by atomic mass is 32.2. The first-order chi connectivity index (χ1) is 10.2. The number of nitrogens with zero attached hydrogens (tertiary/aromatic N) is 4. The van der Waals surface area contributed by atoms with Crippen molar-refractivity contribution >= 4 is 23.1 Å². The SMILES string of the molecule is Cc1cc(N)nc(SCc2cn3ccccc3c2C#N)n1. The Morgan fingerprint density at radius 3 is 3.00 bits per heavy atom. The first kappa shape index (κ1) is 13.5. The summed E-state index contributed by atoms with van der Waals surface area (Å²) in [6.45, 7) is 1.88. The van der Waals surface area contributed by atoms with E-state index in [1.165, 1.54) is 11.8 Å². The summed E-state index contributed by atoms with van der Waals surface area (Å²) in [6.07, 6.45) is 3.91. The van der Waals surface area contributed by atoms with Crippen LogP contribution in [0.5, 0.6) is 0 Å². The van der Waals surface area contributed by atoms with Crippen molar-refractivity contribution < 1.29 is 0 Å². The number of pyridine rings is 1. The van der Waals surface area contributed by atoms with Crippen molar-refractivity contribution in [3.05, 3.63) is 53.5 Å². The number of rotatable bonds is 3. The molecule has 104 valence electrons. The fourth-order valence-corrected chi connectivity index (χ4v) is 3.07. The molecule has 0 aliphatic heterocycles. The zero-order chi connectivity index (χ0) is 14.8. The number of hydrogen-bond donors (Lipinski definition) is 1. The Hall–Kier alpha value is -2.52. The smallest absolute Gasteiger partial charge is 0.190 e. The van der Waals surface area contributed by atoms with Crippen LogP contribution in [0.4, 0.5) is 5.82 Å². The van der Waals surface area contributed by atoms with Gasteiger partial charge >= 0.3 is 0 Å². The normalized spacial score (nSPS) is 10.7. The van der Waals surface area contributed by atoms with Gasteiger partial charge in [0, 0.05) is 29.9 Å². The maximum atomic E-state index is 9.37. The summed E-state index contributed by atoms with van der Waals surface area (Å²) in [4.78, 5) is 8.54. The summed E-state index contributed by atoms with van der Waals surface area (Å²) in [5.41, 5.74) is 9.15. The molecule has 6 heteroatoms. The van der Waals surface area contributed by atoms with Gasteiger partial charge in [-0.1, -0.05) is 17.8 Å². The van der Waals surface area contributed by atoms with Gasteiger partial charge in [-0.2, -0.15) is 5.26 Å². The lowest BCUT2D eigenvalue weighted by Crippen LogP contribution is -1.96. The largest absolute Gasteiger partial charge is 0.384 e. The molecule has 3 aromatic heterocycles. The monoisotopic (exact) mass is 295 g/mol. The highest BCUT2D eigenvalue weighted by Crippen LogP contribution is 2.25. The van der Waals surface area contributed by atoms with Crippen molar-refractivity contribution in [2.24, 2.45) is 0 Å². The van der Waals surface area contributed by atoms with E-state index in [4.69, 9.17) is 5.73 Å². The van der Waals surface area contributed by atoms with Crippen molar-refractivity contribution in [1.29, 1.82) is 5.26 Å². The first-order valence-corrected chi connectivity index (χ1v) is 7.38. The minimum absolute atomic E-state index is 0.465. The lowest BCUT2D eigenvalue weighted by molar-refractivity contribution is 0.940. The van der Waals surface area contributed by atoms with Gasteiger partial charge in [0.05, 0.1) is 11.1 Å². The summed E-state index contributed by atoms with van der Waals surface area (Å²) in [5, 5.41) is 10.00. The standard InChI is InChI=1S/C15H13N5S/c1-10-6-14(17)19-15(18-10)21-9-11-8-20-5-3-2-4-13(20)12(11)7-16/h2-6,8H,9H2,1H3,(H2,17,18,19). The van der Waals surface area contributed by atoms with Gasteiger partial charge in [-0.3, -0.25) is 0 Å². The van der Waals surface area contributed by atoms with Crippen LogP contribution in [-0.2, 0) is 5.75 Å². The van der Waals surface area contributed by atoms with Crippen LogP contribution in [0.15, 0.2) is 41.8 Å². The molecule has 0 aromatic carbocycles. The van der Waals surface area contributed by atoms with E-state index in [-0.39, 0.29) is 0 Å². The van der Waals surface area contributed by atoms with Crippen molar-refractivity contribution in [3.63, 3.8) is 0 Å². The zero-order valence-electron chi connectivity index (χ0n) is 11.4. The van der Waals surface area contributed by atoms with E-state index in [0.717, 1.165) is 16.8 Å². The van der Waals surface area contributed by atoms with Crippen LogP contribution in [0.25, 0.3) is 5.52 Å². The molecule has 0 radical (unpaired) electrons. The molecular weight excluding hydrogens is 282 g/mol. The van der Waals surface area contributed by atoms with Crippen LogP contribution >= 0.6 is 11.8 Å². The number of anilines is 1. The maximum Gasteiger partial charge on any atom is 0.190 e. The molecular formula is C15H13N5S. The van der Waals surface area contributed by atoms with Gasteiger partial charge in [0.2, 0.25) is 0 Å². The van der Waals surface area contributed by atoms with Crippen LogP contribution in [0.2, 0.25) is 0 Å². The molecule has 21 heavy (non-hydrogen) atoms. The minimum atomic E-state index is 0.465. The number of aryl methyl sites for hydroxylation is 1. The molecule has 5 nitrogen and oxygen atoms in total. The summed E-state index contributed by atoms with van der Waals surface area (Å²) in [5.74, 6) is 1.10. The second kappa shape index (κ2) is 5.46. The third-order valence-corrected chi connectivity index (χ3v) is 3.98. The second-order valence-corrected chi connectivity index (χ2v) is 5.58. The van der Waals surface area contributed by atoms with Crippen LogP contribution in [0, 0.1) is 18.3 Å². The summed E-state index contributed by atoms with van der Waals surface area (Å²) < 4.78 is 1.96. The summed E-state index contributed by atoms with van der Waals surface area (Å²) >= 11 is 1.48. The van der Waals surface area contributed by atoms with E-state index in [1.807, 2.05) is 41.9 Å². The Labute approximate surface area is 126 Å². The molecule has 0 unspecified atom stereocenters. The maximum absolute atomic E-state index is 9.37. The third-order valence-electron chi connectivity index (χ3n) is 3.08. The topological polar surface area (TPSA) is 80.0 Å². The molecule has 2 N–H and O–H groups in total. The Kier molecular flexibility index (Phi) is 3.50. The number of thioether (sulfide) groups is 1. The van der Waals surface area contributed by atoms with Gasteiger partial charge < -0.3 is 10.1 Å². The van der Waals surface area contributed by atoms with Crippen LogP contribution in [-0.4, -0.2) is 14.4 Å². The van der Waals surface area contributed by atoms with Crippen molar-refractivity contribution in [2.45, 2.75) is 17.8 Å². The second-order valence-electron chi connectivity index (χ2n) is 4.64. The van der Waals surface area contributed by atoms with Gasteiger partial charge in [0.25, 0.3) is 0 Å². The molecule has 3 aromatic rings. The van der Waals surface area contributed by atoms with E-state index in [2.05, 4.69) is 16.0 Å². The van der Waals surface area contributed by atoms with Crippen LogP contribution < -0.4 is 5.73 Å². The number of nitrogens with two attached hydrogens (primary N) is 1. The number of aromatic nitrogens is 3. The highest BCUT2D eigenvalue weighted by Gasteiger charge is 2.11. The minimum Gasteiger partial charge on any atom is -0.384 e. The van der Waals surface area contributed by atoms with Gasteiger partial charge in [-0.15, -0.1) is 0 Å². The summed E-state index contributed by atoms with van der Waals surface area (Å²) in [6, 6.07) is 9.82. The fourth-order valence-electron chi connectivity index (χ4n) is 2.19. The molecule has 0 saturated carbocycles. The van der Waals surface area contributed by atoms with E-state index in [1.54, 1.807) is 6.07 Å². The molecule has 0 spiro atoms. The lowest BCUT2D eigenvalue weighted by Gasteiger charge is -2.02. The molecule has 0 saturated heterocycles. The fraction of sp³-hybridized carbons (Fsp3) is 0.133. The zero-order valence-corrected chi connectivity index (χ0v) is 12.3. The van der Waals surface area contributed by atoms with Gasteiger partial charge in [0.1, 0.15) is 11.9 Å². The molecule has 0 bridgehead atoms. The van der Waals surface area contributed by atoms with Crippen LogP contribution in [0.3, 0.4) is 0 Å². The molecule has 0 aliphatic rings. The van der Waals surface area contributed by atoms with E-state index >= 15 is 0 Å². The van der Waals surface area contributed by atoms with E-state index < -0.39 is 0 Å². The number of fused-ring (bicyclic) bond motifs is 1. The molecule has 0 fully saturated rings. The predicted molar refractivity (Wildman–Crippen MR) is 82.9 cm³/mol. The molecule has 0 amide bonds. The van der Waals surface area contributed by atoms with Crippen molar-refractivity contribution in [2.75, 3.05) is 5.73 Å². The predicted octanol–water partition coefficient (Wildman–Crippen LogP) is 2.78. The molecule has 0 aliphatic carbocycles. The Morgan fingerprint density at radius 1 is 1.38 bits per heavy atom. The Balaban J connectivity index is 1.90. The number of hydrogen-bond acceptors (Lipinski definition) is 5. The van der Waals surface area contributed by atoms with Gasteiger partial charge in [-0.05, 0) is 24.6 Å².